The van der Waals surface area contributed by atoms with Crippen molar-refractivity contribution in [3.8, 4) is 0 Å². The van der Waals surface area contributed by atoms with Gasteiger partial charge in [-0.15, -0.1) is 0 Å². The Bertz CT molecular complexity index is 831. The predicted molar refractivity (Wildman–Crippen MR) is 105 cm³/mol. The van der Waals surface area contributed by atoms with Crippen molar-refractivity contribution in [1.29, 1.82) is 0 Å². The molecule has 3 aromatic rings. The molecule has 0 spiro atoms. The molecular formula is C23H24N2O. The molecule has 0 fully saturated rings. The van der Waals surface area contributed by atoms with Crippen molar-refractivity contribution in [2.45, 2.75) is 25.7 Å². The lowest BCUT2D eigenvalue weighted by molar-refractivity contribution is -0.121. The molecule has 1 aromatic heterocycles. The van der Waals surface area contributed by atoms with E-state index in [0.29, 0.717) is 13.0 Å². The molecule has 3 nitrogen and oxygen atoms in total. The van der Waals surface area contributed by atoms with Gasteiger partial charge in [0.05, 0.1) is 0 Å². The molecule has 0 aliphatic rings. The van der Waals surface area contributed by atoms with Crippen LogP contribution in [0.1, 0.15) is 34.6 Å². The first-order valence-corrected chi connectivity index (χ1v) is 9.00. The number of benzene rings is 2. The minimum absolute atomic E-state index is 0.0679. The van der Waals surface area contributed by atoms with Crippen LogP contribution < -0.4 is 5.32 Å². The number of nitrogens with one attached hydrogen (secondary N) is 1. The highest BCUT2D eigenvalue weighted by molar-refractivity contribution is 5.77. The van der Waals surface area contributed by atoms with Crippen molar-refractivity contribution in [2.24, 2.45) is 0 Å². The topological polar surface area (TPSA) is 42.0 Å². The van der Waals surface area contributed by atoms with Crippen molar-refractivity contribution in [1.82, 2.24) is 10.3 Å². The molecule has 0 radical (unpaired) electrons. The fraction of sp³-hybridized carbons (Fsp3) is 0.217. The molecule has 3 rings (SSSR count). The van der Waals surface area contributed by atoms with Crippen LogP contribution in [0, 0.1) is 6.92 Å². The first-order chi connectivity index (χ1) is 12.7. The summed E-state index contributed by atoms with van der Waals surface area (Å²) in [6.45, 7) is 2.74. The second-order valence-electron chi connectivity index (χ2n) is 6.48. The van der Waals surface area contributed by atoms with Crippen molar-refractivity contribution >= 4 is 5.91 Å². The summed E-state index contributed by atoms with van der Waals surface area (Å²) in [4.78, 5) is 16.6. The van der Waals surface area contributed by atoms with Crippen LogP contribution in [0.15, 0.2) is 79.1 Å². The van der Waals surface area contributed by atoms with Gasteiger partial charge in [-0.05, 0) is 47.7 Å². The van der Waals surface area contributed by atoms with Crippen LogP contribution in [0.5, 0.6) is 0 Å². The normalized spacial score (nSPS) is 11.7. The van der Waals surface area contributed by atoms with E-state index in [-0.39, 0.29) is 11.8 Å². The Morgan fingerprint density at radius 3 is 2.38 bits per heavy atom. The van der Waals surface area contributed by atoms with Crippen molar-refractivity contribution < 1.29 is 4.79 Å². The van der Waals surface area contributed by atoms with E-state index in [4.69, 9.17) is 0 Å². The van der Waals surface area contributed by atoms with Crippen LogP contribution in [-0.2, 0) is 11.2 Å². The van der Waals surface area contributed by atoms with E-state index in [1.54, 1.807) is 12.4 Å². The summed E-state index contributed by atoms with van der Waals surface area (Å²) in [7, 11) is 0. The average Bonchev–Trinajstić information content (AvgIpc) is 2.68. The zero-order chi connectivity index (χ0) is 18.2. The quantitative estimate of drug-likeness (QED) is 0.695. The molecule has 0 aliphatic heterocycles. The monoisotopic (exact) mass is 344 g/mol. The van der Waals surface area contributed by atoms with Gasteiger partial charge in [-0.25, -0.2) is 0 Å². The number of pyridine rings is 1. The van der Waals surface area contributed by atoms with Gasteiger partial charge in [-0.2, -0.15) is 0 Å². The number of rotatable bonds is 7. The summed E-state index contributed by atoms with van der Waals surface area (Å²) in [6, 6.07) is 22.5. The summed E-state index contributed by atoms with van der Waals surface area (Å²) in [5.74, 6) is 0.148. The Hall–Kier alpha value is -2.94. The number of aromatic nitrogens is 1. The van der Waals surface area contributed by atoms with E-state index in [1.165, 1.54) is 22.3 Å². The van der Waals surface area contributed by atoms with E-state index in [2.05, 4.69) is 41.5 Å². The summed E-state index contributed by atoms with van der Waals surface area (Å²) in [5, 5.41) is 3.06. The second-order valence-corrected chi connectivity index (χ2v) is 6.48. The molecule has 0 saturated heterocycles. The Balaban J connectivity index is 1.68. The third kappa shape index (κ3) is 4.79. The van der Waals surface area contributed by atoms with E-state index < -0.39 is 0 Å². The summed E-state index contributed by atoms with van der Waals surface area (Å²) in [5.41, 5.74) is 4.78. The maximum atomic E-state index is 12.6. The number of hydrogen-bond donors (Lipinski definition) is 1. The Labute approximate surface area is 155 Å². The molecule has 1 heterocycles. The summed E-state index contributed by atoms with van der Waals surface area (Å²) in [6.07, 6.45) is 4.82. The lowest BCUT2D eigenvalue weighted by Gasteiger charge is -2.20. The van der Waals surface area contributed by atoms with Gasteiger partial charge in [0.1, 0.15) is 0 Å². The number of nitrogens with zero attached hydrogens (tertiary/aromatic N) is 1. The van der Waals surface area contributed by atoms with Crippen LogP contribution in [0.4, 0.5) is 0 Å². The fourth-order valence-corrected chi connectivity index (χ4v) is 3.22. The van der Waals surface area contributed by atoms with E-state index in [1.807, 2.05) is 42.5 Å². The molecule has 0 aliphatic carbocycles. The molecule has 0 bridgehead atoms. The van der Waals surface area contributed by atoms with Crippen LogP contribution in [-0.4, -0.2) is 17.4 Å². The van der Waals surface area contributed by atoms with Gasteiger partial charge in [-0.3, -0.25) is 9.78 Å². The number of carbonyl (C=O) groups excluding carboxylic acids is 1. The molecule has 132 valence electrons. The van der Waals surface area contributed by atoms with Crippen LogP contribution in [0.25, 0.3) is 0 Å². The highest BCUT2D eigenvalue weighted by atomic mass is 16.1. The number of carbonyl (C=O) groups is 1. The minimum Gasteiger partial charge on any atom is -0.356 e. The summed E-state index contributed by atoms with van der Waals surface area (Å²) < 4.78 is 0. The van der Waals surface area contributed by atoms with Gasteiger partial charge >= 0.3 is 0 Å². The molecule has 26 heavy (non-hydrogen) atoms. The Kier molecular flexibility index (Phi) is 6.15. The molecule has 1 atom stereocenters. The SMILES string of the molecule is Cc1ccccc1C(CC(=O)NCCc1ccncc1)c1ccccc1. The average molecular weight is 344 g/mol. The van der Waals surface area contributed by atoms with Crippen LogP contribution in [0.2, 0.25) is 0 Å². The lowest BCUT2D eigenvalue weighted by atomic mass is 9.86. The van der Waals surface area contributed by atoms with E-state index in [9.17, 15) is 4.79 Å². The van der Waals surface area contributed by atoms with Gasteiger partial charge in [0.15, 0.2) is 0 Å². The molecule has 1 amide bonds. The minimum atomic E-state index is 0.0679. The zero-order valence-electron chi connectivity index (χ0n) is 15.1. The maximum absolute atomic E-state index is 12.6. The van der Waals surface area contributed by atoms with Crippen molar-refractivity contribution in [3.05, 3.63) is 101 Å². The molecule has 1 N–H and O–H groups in total. The van der Waals surface area contributed by atoms with Gasteiger partial charge in [0.2, 0.25) is 5.91 Å². The standard InChI is InChI=1S/C23H24N2O/c1-18-7-5-6-10-21(18)22(20-8-3-2-4-9-20)17-23(26)25-16-13-19-11-14-24-15-12-19/h2-12,14-15,22H,13,16-17H2,1H3,(H,25,26). The van der Waals surface area contributed by atoms with Gasteiger partial charge < -0.3 is 5.32 Å². The summed E-state index contributed by atoms with van der Waals surface area (Å²) >= 11 is 0. The van der Waals surface area contributed by atoms with Crippen LogP contribution in [0.3, 0.4) is 0 Å². The predicted octanol–water partition coefficient (Wildman–Crippen LogP) is 4.27. The Morgan fingerprint density at radius 2 is 1.65 bits per heavy atom. The van der Waals surface area contributed by atoms with Crippen molar-refractivity contribution in [2.75, 3.05) is 6.54 Å². The maximum Gasteiger partial charge on any atom is 0.220 e. The lowest BCUT2D eigenvalue weighted by Crippen LogP contribution is -2.27. The highest BCUT2D eigenvalue weighted by Gasteiger charge is 2.19. The van der Waals surface area contributed by atoms with Gasteiger partial charge in [0.25, 0.3) is 0 Å². The van der Waals surface area contributed by atoms with E-state index in [0.717, 1.165) is 6.42 Å². The molecule has 1 unspecified atom stereocenters. The third-order valence-corrected chi connectivity index (χ3v) is 4.64. The third-order valence-electron chi connectivity index (χ3n) is 4.64. The number of hydrogen-bond acceptors (Lipinski definition) is 2. The largest absolute Gasteiger partial charge is 0.356 e. The number of amides is 1. The number of aryl methyl sites for hydroxylation is 1. The smallest absolute Gasteiger partial charge is 0.220 e. The molecular weight excluding hydrogens is 320 g/mol. The highest BCUT2D eigenvalue weighted by Crippen LogP contribution is 2.30. The molecule has 2 aromatic carbocycles. The molecule has 0 saturated carbocycles. The fourth-order valence-electron chi connectivity index (χ4n) is 3.22. The van der Waals surface area contributed by atoms with E-state index >= 15 is 0 Å². The first-order valence-electron chi connectivity index (χ1n) is 9.00. The van der Waals surface area contributed by atoms with Crippen LogP contribution >= 0.6 is 0 Å². The second kappa shape index (κ2) is 8.95. The van der Waals surface area contributed by atoms with Gasteiger partial charge in [-0.1, -0.05) is 54.6 Å². The first kappa shape index (κ1) is 17.9. The molecule has 3 heteroatoms. The van der Waals surface area contributed by atoms with Crippen molar-refractivity contribution in [3.63, 3.8) is 0 Å². The zero-order valence-corrected chi connectivity index (χ0v) is 15.1. The van der Waals surface area contributed by atoms with Gasteiger partial charge in [0, 0.05) is 31.3 Å². The Morgan fingerprint density at radius 1 is 0.962 bits per heavy atom.